The lowest BCUT2D eigenvalue weighted by Crippen LogP contribution is -2.59. The van der Waals surface area contributed by atoms with E-state index in [4.69, 9.17) is 9.47 Å². The van der Waals surface area contributed by atoms with Crippen LogP contribution in [0.3, 0.4) is 0 Å². The second-order valence-corrected chi connectivity index (χ2v) is 22.5. The van der Waals surface area contributed by atoms with Crippen molar-refractivity contribution in [1.82, 2.24) is 52.3 Å². The maximum atomic E-state index is 14.7. The number of rotatable bonds is 16. The molecule has 7 rings (SSSR count). The van der Waals surface area contributed by atoms with Crippen molar-refractivity contribution < 1.29 is 47.8 Å². The van der Waals surface area contributed by atoms with Gasteiger partial charge in [-0.1, -0.05) is 84.0 Å². The molecule has 2 unspecified atom stereocenters. The summed E-state index contributed by atoms with van der Waals surface area (Å²) in [6.45, 7) is 15.0. The lowest BCUT2D eigenvalue weighted by molar-refractivity contribution is -0.144. The number of nitrogens with zero attached hydrogens (tertiary/aromatic N) is 2. The SMILES string of the molecule is CN[C@@H](C)C(=O)N[C@H](C(=O)N1C[C@@H](NC(=O)c2cccc(C(=O)N[C@H]3C[C@@H](C(=O)NC4CCOc5ccccc54)N(C(=O)[C@@H](NC(=O)[C@H](C)NC)C(C)(C)C)C3)c2)C[C@H]1C(=O)NC1CCOc2ccccc21)C(C)(C)C. The first-order valence-electron chi connectivity index (χ1n) is 26.3. The summed E-state index contributed by atoms with van der Waals surface area (Å²) in [5.74, 6) is -2.37. The minimum atomic E-state index is -1.02. The molecule has 8 amide bonds. The van der Waals surface area contributed by atoms with E-state index < -0.39 is 107 Å². The summed E-state index contributed by atoms with van der Waals surface area (Å²) in [5, 5.41) is 23.9. The van der Waals surface area contributed by atoms with Crippen LogP contribution in [0.25, 0.3) is 0 Å². The van der Waals surface area contributed by atoms with Crippen molar-refractivity contribution in [2.45, 2.75) is 141 Å². The molecule has 20 nitrogen and oxygen atoms in total. The molecule has 0 aliphatic carbocycles. The molecule has 8 N–H and O–H groups in total. The Morgan fingerprint density at radius 1 is 0.539 bits per heavy atom. The number of carbonyl (C=O) groups is 8. The van der Waals surface area contributed by atoms with Gasteiger partial charge in [0.2, 0.25) is 35.4 Å². The molecule has 0 aromatic heterocycles. The fraction of sp³-hybridized carbons (Fsp3) is 0.536. The Hall–Kier alpha value is -7.06. The van der Waals surface area contributed by atoms with E-state index in [1.54, 1.807) is 46.1 Å². The Bertz CT molecular complexity index is 2490. The highest BCUT2D eigenvalue weighted by Gasteiger charge is 2.48. The van der Waals surface area contributed by atoms with E-state index in [9.17, 15) is 38.4 Å². The quantitative estimate of drug-likeness (QED) is 0.103. The zero-order valence-electron chi connectivity index (χ0n) is 45.3. The lowest BCUT2D eigenvalue weighted by atomic mass is 9.85. The Labute approximate surface area is 445 Å². The molecule has 0 radical (unpaired) electrons. The number of hydrogen-bond donors (Lipinski definition) is 8. The van der Waals surface area contributed by atoms with Crippen molar-refractivity contribution >= 4 is 47.3 Å². The van der Waals surface area contributed by atoms with Crippen molar-refractivity contribution in [1.29, 1.82) is 0 Å². The molecule has 4 aliphatic heterocycles. The van der Waals surface area contributed by atoms with Crippen LogP contribution in [-0.4, -0.2) is 146 Å². The predicted octanol–water partition coefficient (Wildman–Crippen LogP) is 2.64. The highest BCUT2D eigenvalue weighted by molar-refractivity contribution is 6.01. The smallest absolute Gasteiger partial charge is 0.251 e. The number of amides is 8. The monoisotopic (exact) mass is 1050 g/mol. The van der Waals surface area contributed by atoms with E-state index in [-0.39, 0.29) is 48.9 Å². The Morgan fingerprint density at radius 3 is 1.29 bits per heavy atom. The number of likely N-dealkylation sites (N-methyl/N-ethyl adjacent to an activating group) is 2. The van der Waals surface area contributed by atoms with Gasteiger partial charge in [-0.05, 0) is 81.9 Å². The van der Waals surface area contributed by atoms with Gasteiger partial charge in [-0.15, -0.1) is 0 Å². The highest BCUT2D eigenvalue weighted by Crippen LogP contribution is 2.35. The summed E-state index contributed by atoms with van der Waals surface area (Å²) >= 11 is 0. The van der Waals surface area contributed by atoms with Crippen LogP contribution in [-0.2, 0) is 28.8 Å². The Morgan fingerprint density at radius 2 is 0.921 bits per heavy atom. The van der Waals surface area contributed by atoms with E-state index in [1.165, 1.54) is 15.9 Å². The van der Waals surface area contributed by atoms with Gasteiger partial charge in [0.25, 0.3) is 11.8 Å². The zero-order chi connectivity index (χ0) is 55.2. The molecule has 20 heteroatoms. The number of hydrogen-bond acceptors (Lipinski definition) is 12. The van der Waals surface area contributed by atoms with Crippen LogP contribution in [0.1, 0.15) is 125 Å². The molecule has 0 spiro atoms. The summed E-state index contributed by atoms with van der Waals surface area (Å²) in [6.07, 6.45) is 1.13. The summed E-state index contributed by atoms with van der Waals surface area (Å²) < 4.78 is 11.7. The van der Waals surface area contributed by atoms with Crippen LogP contribution >= 0.6 is 0 Å². The second kappa shape index (κ2) is 23.9. The van der Waals surface area contributed by atoms with Crippen LogP contribution in [0.4, 0.5) is 0 Å². The highest BCUT2D eigenvalue weighted by atomic mass is 16.5. The summed E-state index contributed by atoms with van der Waals surface area (Å²) in [7, 11) is 3.28. The minimum Gasteiger partial charge on any atom is -0.493 e. The maximum Gasteiger partial charge on any atom is 0.251 e. The average molecular weight is 1050 g/mol. The molecule has 76 heavy (non-hydrogen) atoms. The molecule has 410 valence electrons. The van der Waals surface area contributed by atoms with E-state index in [0.717, 1.165) is 11.1 Å². The fourth-order valence-corrected chi connectivity index (χ4v) is 10.1. The van der Waals surface area contributed by atoms with Crippen molar-refractivity contribution in [2.24, 2.45) is 10.8 Å². The first-order valence-corrected chi connectivity index (χ1v) is 26.3. The third-order valence-corrected chi connectivity index (χ3v) is 14.8. The predicted molar refractivity (Wildman–Crippen MR) is 284 cm³/mol. The van der Waals surface area contributed by atoms with Crippen LogP contribution in [0.5, 0.6) is 11.5 Å². The topological polar surface area (TPSA) is 258 Å². The molecule has 4 aliphatic rings. The molecule has 3 aromatic rings. The molecule has 10 atom stereocenters. The van der Waals surface area contributed by atoms with Crippen molar-refractivity contribution in [3.8, 4) is 11.5 Å². The number of fused-ring (bicyclic) bond motifs is 2. The van der Waals surface area contributed by atoms with E-state index in [0.29, 0.717) is 37.6 Å². The number of likely N-dealkylation sites (tertiary alicyclic amines) is 2. The Balaban J connectivity index is 1.09. The first kappa shape index (κ1) is 56.7. The lowest BCUT2D eigenvalue weighted by Gasteiger charge is -2.36. The zero-order valence-corrected chi connectivity index (χ0v) is 45.3. The minimum absolute atomic E-state index is 0.0435. The van der Waals surface area contributed by atoms with Gasteiger partial charge < -0.3 is 61.8 Å². The number of para-hydroxylation sites is 2. The molecular formula is C56H76N10O10. The number of nitrogens with one attached hydrogen (secondary N) is 8. The molecule has 0 bridgehead atoms. The van der Waals surface area contributed by atoms with E-state index in [1.807, 2.05) is 90.1 Å². The molecule has 3 aromatic carbocycles. The summed E-state index contributed by atoms with van der Waals surface area (Å²) in [6, 6.07) is 13.5. The second-order valence-electron chi connectivity index (χ2n) is 22.5. The molecule has 2 fully saturated rings. The third-order valence-electron chi connectivity index (χ3n) is 14.8. The van der Waals surface area contributed by atoms with Crippen molar-refractivity contribution in [2.75, 3.05) is 40.4 Å². The normalized spacial score (nSPS) is 22.7. The average Bonchev–Trinajstić information content (AvgIpc) is 4.03. The molecule has 4 heterocycles. The standard InChI is InChI=1S/C56H76N10O10/c1-31(57-9)47(67)63-45(55(3,4)5)53(73)65-29-35(27-41(65)51(71)61-39-22-24-75-43-20-13-11-18-37(39)43)59-49(69)33-16-15-17-34(26-33)50(70)60-36-28-42(52(72)62-40-23-25-76-44-21-14-12-19-38(40)44)66(30-36)54(74)46(56(6,7)8)64-48(68)32(2)58-10/h11-21,26,31-32,35-36,39-42,45-46,57-58H,22-25,27-30H2,1-10H3,(H,59,69)(H,60,70)(H,61,71)(H,62,72)(H,63,67)(H,64,68)/t31-,32-,35-,36-,39?,40?,41-,42-,45+,46+/m0/s1. The van der Waals surface area contributed by atoms with E-state index in [2.05, 4.69) is 42.5 Å². The largest absolute Gasteiger partial charge is 0.493 e. The summed E-state index contributed by atoms with van der Waals surface area (Å²) in [5.41, 5.74) is 0.354. The van der Waals surface area contributed by atoms with Gasteiger partial charge in [0.05, 0.1) is 37.4 Å². The number of carbonyl (C=O) groups excluding carboxylic acids is 8. The fourth-order valence-electron chi connectivity index (χ4n) is 10.1. The van der Waals surface area contributed by atoms with Gasteiger partial charge >= 0.3 is 0 Å². The van der Waals surface area contributed by atoms with Gasteiger partial charge in [-0.2, -0.15) is 0 Å². The van der Waals surface area contributed by atoms with Gasteiger partial charge in [-0.3, -0.25) is 38.4 Å². The maximum absolute atomic E-state index is 14.7. The molecule has 2 saturated heterocycles. The van der Waals surface area contributed by atoms with Crippen LogP contribution in [0.15, 0.2) is 72.8 Å². The number of ether oxygens (including phenoxy) is 2. The van der Waals surface area contributed by atoms with Crippen LogP contribution in [0, 0.1) is 10.8 Å². The van der Waals surface area contributed by atoms with Crippen molar-refractivity contribution in [3.05, 3.63) is 95.1 Å². The first-order chi connectivity index (χ1) is 36.0. The van der Waals surface area contributed by atoms with Crippen LogP contribution in [0.2, 0.25) is 0 Å². The van der Waals surface area contributed by atoms with E-state index >= 15 is 0 Å². The molecular weight excluding hydrogens is 973 g/mol. The Kier molecular flexibility index (Phi) is 17.8. The van der Waals surface area contributed by atoms with Gasteiger partial charge in [0.1, 0.15) is 35.7 Å². The third kappa shape index (κ3) is 13.1. The summed E-state index contributed by atoms with van der Waals surface area (Å²) in [4.78, 5) is 116. The number of benzene rings is 3. The van der Waals surface area contributed by atoms with Crippen LogP contribution < -0.4 is 52.0 Å². The van der Waals surface area contributed by atoms with Gasteiger partial charge in [0, 0.05) is 60.3 Å². The van der Waals surface area contributed by atoms with Gasteiger partial charge in [0.15, 0.2) is 0 Å². The molecule has 0 saturated carbocycles. The van der Waals surface area contributed by atoms with Crippen molar-refractivity contribution in [3.63, 3.8) is 0 Å². The van der Waals surface area contributed by atoms with Gasteiger partial charge in [-0.25, -0.2) is 0 Å².